The smallest absolute Gasteiger partial charge is 0.0302 e. The van der Waals surface area contributed by atoms with Crippen molar-refractivity contribution in [2.24, 2.45) is 5.41 Å². The molecule has 82 valence electrons. The Hall–Kier alpha value is 0.310. The van der Waals surface area contributed by atoms with Gasteiger partial charge in [-0.05, 0) is 37.5 Å². The SMILES string of the molecule is CN1CC2(CCCS2)CC1C(C)(C)C. The summed E-state index contributed by atoms with van der Waals surface area (Å²) in [6.45, 7) is 8.46. The number of thioether (sulfide) groups is 1. The summed E-state index contributed by atoms with van der Waals surface area (Å²) >= 11 is 2.23. The van der Waals surface area contributed by atoms with E-state index in [-0.39, 0.29) is 0 Å². The van der Waals surface area contributed by atoms with Crippen LogP contribution in [0.4, 0.5) is 0 Å². The average molecular weight is 213 g/mol. The molecule has 2 saturated heterocycles. The quantitative estimate of drug-likeness (QED) is 0.608. The molecule has 14 heavy (non-hydrogen) atoms. The molecule has 0 aromatic rings. The van der Waals surface area contributed by atoms with E-state index in [1.165, 1.54) is 31.6 Å². The minimum Gasteiger partial charge on any atom is -0.301 e. The van der Waals surface area contributed by atoms with Crippen molar-refractivity contribution in [2.75, 3.05) is 19.3 Å². The molecule has 2 aliphatic heterocycles. The van der Waals surface area contributed by atoms with E-state index in [4.69, 9.17) is 0 Å². The van der Waals surface area contributed by atoms with Crippen molar-refractivity contribution in [3.63, 3.8) is 0 Å². The molecule has 0 saturated carbocycles. The molecule has 0 radical (unpaired) electrons. The highest BCUT2D eigenvalue weighted by Gasteiger charge is 2.47. The van der Waals surface area contributed by atoms with Crippen molar-refractivity contribution in [3.05, 3.63) is 0 Å². The second kappa shape index (κ2) is 3.41. The summed E-state index contributed by atoms with van der Waals surface area (Å²) in [4.78, 5) is 2.60. The Morgan fingerprint density at radius 1 is 1.36 bits per heavy atom. The number of nitrogens with zero attached hydrogens (tertiary/aromatic N) is 1. The summed E-state index contributed by atoms with van der Waals surface area (Å²) in [5.41, 5.74) is 0.446. The summed E-state index contributed by atoms with van der Waals surface area (Å²) in [6, 6.07) is 0.785. The molecular weight excluding hydrogens is 190 g/mol. The average Bonchev–Trinajstić information content (AvgIpc) is 2.59. The summed E-state index contributed by atoms with van der Waals surface area (Å²) in [6.07, 6.45) is 4.31. The van der Waals surface area contributed by atoms with Gasteiger partial charge >= 0.3 is 0 Å². The van der Waals surface area contributed by atoms with Crippen LogP contribution in [0.25, 0.3) is 0 Å². The Morgan fingerprint density at radius 3 is 2.50 bits per heavy atom. The van der Waals surface area contributed by atoms with Crippen LogP contribution in [0.3, 0.4) is 0 Å². The lowest BCUT2D eigenvalue weighted by Crippen LogP contribution is -2.36. The zero-order valence-electron chi connectivity index (χ0n) is 9.97. The van der Waals surface area contributed by atoms with Gasteiger partial charge in [-0.3, -0.25) is 0 Å². The lowest BCUT2D eigenvalue weighted by molar-refractivity contribution is 0.169. The number of rotatable bonds is 0. The molecule has 0 bridgehead atoms. The summed E-state index contributed by atoms with van der Waals surface area (Å²) < 4.78 is 0.632. The van der Waals surface area contributed by atoms with E-state index in [1.807, 2.05) is 0 Å². The zero-order chi connectivity index (χ0) is 10.4. The largest absolute Gasteiger partial charge is 0.301 e. The van der Waals surface area contributed by atoms with E-state index in [2.05, 4.69) is 44.5 Å². The van der Waals surface area contributed by atoms with E-state index in [0.29, 0.717) is 10.2 Å². The van der Waals surface area contributed by atoms with Crippen LogP contribution < -0.4 is 0 Å². The van der Waals surface area contributed by atoms with Crippen LogP contribution in [-0.4, -0.2) is 35.0 Å². The molecule has 2 unspecified atom stereocenters. The lowest BCUT2D eigenvalue weighted by atomic mass is 9.83. The molecule has 2 atom stereocenters. The van der Waals surface area contributed by atoms with Gasteiger partial charge in [-0.15, -0.1) is 0 Å². The second-order valence-electron chi connectivity index (χ2n) is 6.14. The molecule has 0 aromatic carbocycles. The third-order valence-electron chi connectivity index (χ3n) is 3.82. The molecule has 2 fully saturated rings. The first-order valence-electron chi connectivity index (χ1n) is 5.77. The Kier molecular flexibility index (Phi) is 2.64. The monoisotopic (exact) mass is 213 g/mol. The molecule has 0 aromatic heterocycles. The van der Waals surface area contributed by atoms with E-state index in [9.17, 15) is 0 Å². The Morgan fingerprint density at radius 2 is 2.07 bits per heavy atom. The van der Waals surface area contributed by atoms with Crippen LogP contribution in [0.5, 0.6) is 0 Å². The molecule has 2 aliphatic rings. The molecular formula is C12H23NS. The molecule has 0 aliphatic carbocycles. The fourth-order valence-electron chi connectivity index (χ4n) is 3.15. The maximum absolute atomic E-state index is 2.60. The molecule has 1 spiro atoms. The van der Waals surface area contributed by atoms with Crippen LogP contribution in [-0.2, 0) is 0 Å². The van der Waals surface area contributed by atoms with Crippen LogP contribution in [0.2, 0.25) is 0 Å². The van der Waals surface area contributed by atoms with Gasteiger partial charge in [0.1, 0.15) is 0 Å². The summed E-state index contributed by atoms with van der Waals surface area (Å²) in [7, 11) is 2.31. The first kappa shape index (κ1) is 10.8. The van der Waals surface area contributed by atoms with Gasteiger partial charge in [0.15, 0.2) is 0 Å². The van der Waals surface area contributed by atoms with Crippen LogP contribution in [0.15, 0.2) is 0 Å². The maximum Gasteiger partial charge on any atom is 0.0302 e. The van der Waals surface area contributed by atoms with E-state index in [1.54, 1.807) is 0 Å². The molecule has 0 amide bonds. The molecule has 0 N–H and O–H groups in total. The Balaban J connectivity index is 2.10. The van der Waals surface area contributed by atoms with E-state index in [0.717, 1.165) is 6.04 Å². The highest BCUT2D eigenvalue weighted by molar-refractivity contribution is 8.00. The summed E-state index contributed by atoms with van der Waals surface area (Å²) in [5.74, 6) is 1.39. The fraction of sp³-hybridized carbons (Fsp3) is 1.00. The zero-order valence-corrected chi connectivity index (χ0v) is 10.8. The number of hydrogen-bond donors (Lipinski definition) is 0. The van der Waals surface area contributed by atoms with Crippen LogP contribution in [0, 0.1) is 5.41 Å². The van der Waals surface area contributed by atoms with Crippen molar-refractivity contribution in [1.29, 1.82) is 0 Å². The van der Waals surface area contributed by atoms with Crippen molar-refractivity contribution in [1.82, 2.24) is 4.90 Å². The fourth-order valence-corrected chi connectivity index (χ4v) is 4.73. The van der Waals surface area contributed by atoms with Gasteiger partial charge in [0.25, 0.3) is 0 Å². The van der Waals surface area contributed by atoms with Crippen molar-refractivity contribution < 1.29 is 0 Å². The second-order valence-corrected chi connectivity index (χ2v) is 7.70. The minimum absolute atomic E-state index is 0.446. The van der Waals surface area contributed by atoms with Gasteiger partial charge in [0, 0.05) is 17.3 Å². The van der Waals surface area contributed by atoms with Gasteiger partial charge in [-0.1, -0.05) is 20.8 Å². The van der Waals surface area contributed by atoms with Crippen molar-refractivity contribution in [3.8, 4) is 0 Å². The lowest BCUT2D eigenvalue weighted by Gasteiger charge is -2.32. The molecule has 2 heterocycles. The molecule has 1 nitrogen and oxygen atoms in total. The summed E-state index contributed by atoms with van der Waals surface area (Å²) in [5, 5.41) is 0. The molecule has 2 rings (SSSR count). The van der Waals surface area contributed by atoms with Crippen LogP contribution >= 0.6 is 11.8 Å². The molecule has 2 heteroatoms. The highest BCUT2D eigenvalue weighted by atomic mass is 32.2. The predicted molar refractivity (Wildman–Crippen MR) is 64.9 cm³/mol. The standard InChI is InChI=1S/C12H23NS/c1-11(2,3)10-8-12(9-13(10)4)6-5-7-14-12/h10H,5-9H2,1-4H3. The van der Waals surface area contributed by atoms with Crippen molar-refractivity contribution >= 4 is 11.8 Å². The van der Waals surface area contributed by atoms with Gasteiger partial charge in [-0.25, -0.2) is 0 Å². The third-order valence-corrected chi connectivity index (χ3v) is 5.42. The van der Waals surface area contributed by atoms with Gasteiger partial charge in [0.05, 0.1) is 0 Å². The van der Waals surface area contributed by atoms with Crippen molar-refractivity contribution in [2.45, 2.75) is 50.8 Å². The van der Waals surface area contributed by atoms with Gasteiger partial charge < -0.3 is 4.90 Å². The Labute approximate surface area is 92.6 Å². The highest BCUT2D eigenvalue weighted by Crippen LogP contribution is 2.49. The van der Waals surface area contributed by atoms with E-state index < -0.39 is 0 Å². The number of likely N-dealkylation sites (tertiary alicyclic amines) is 1. The topological polar surface area (TPSA) is 3.24 Å². The first-order chi connectivity index (χ1) is 6.43. The normalized spacial score (nSPS) is 39.9. The van der Waals surface area contributed by atoms with Gasteiger partial charge in [0.2, 0.25) is 0 Å². The van der Waals surface area contributed by atoms with Gasteiger partial charge in [-0.2, -0.15) is 11.8 Å². The third kappa shape index (κ3) is 1.83. The predicted octanol–water partition coefficient (Wildman–Crippen LogP) is 3.00. The number of hydrogen-bond acceptors (Lipinski definition) is 2. The van der Waals surface area contributed by atoms with Crippen LogP contribution in [0.1, 0.15) is 40.0 Å². The maximum atomic E-state index is 2.60. The Bertz CT molecular complexity index is 213. The minimum atomic E-state index is 0.446. The first-order valence-corrected chi connectivity index (χ1v) is 6.76. The van der Waals surface area contributed by atoms with E-state index >= 15 is 0 Å².